The molecule has 1 aromatic carbocycles. The van der Waals surface area contributed by atoms with Crippen LogP contribution in [0.25, 0.3) is 0 Å². The van der Waals surface area contributed by atoms with Crippen molar-refractivity contribution < 1.29 is 22.7 Å². The van der Waals surface area contributed by atoms with Crippen molar-refractivity contribution >= 4 is 15.8 Å². The fraction of sp³-hybridized carbons (Fsp3) is 0.231. The standard InChI is InChI=1S/C13H13FN2O4S/c1-16-6-5-15-12(16)4-7-21(19,20)9-2-3-11(14)10(8-9)13(17)18/h2-3,5-6,8H,4,7H2,1H3,(H,17,18). The van der Waals surface area contributed by atoms with E-state index in [2.05, 4.69) is 4.98 Å². The number of imidazole rings is 1. The monoisotopic (exact) mass is 312 g/mol. The summed E-state index contributed by atoms with van der Waals surface area (Å²) in [5.74, 6) is -2.11. The summed E-state index contributed by atoms with van der Waals surface area (Å²) in [6.45, 7) is 0. The number of rotatable bonds is 5. The van der Waals surface area contributed by atoms with E-state index >= 15 is 0 Å². The molecule has 0 aliphatic rings. The van der Waals surface area contributed by atoms with Gasteiger partial charge in [0.1, 0.15) is 11.6 Å². The van der Waals surface area contributed by atoms with Gasteiger partial charge in [-0.1, -0.05) is 0 Å². The van der Waals surface area contributed by atoms with Crippen LogP contribution in [-0.4, -0.2) is 34.8 Å². The van der Waals surface area contributed by atoms with Crippen molar-refractivity contribution in [3.05, 3.63) is 47.8 Å². The smallest absolute Gasteiger partial charge is 0.338 e. The van der Waals surface area contributed by atoms with Gasteiger partial charge in [0.25, 0.3) is 0 Å². The van der Waals surface area contributed by atoms with Crippen molar-refractivity contribution in [3.63, 3.8) is 0 Å². The average molecular weight is 312 g/mol. The number of carboxylic acids is 1. The Kier molecular flexibility index (Phi) is 4.08. The third kappa shape index (κ3) is 3.27. The van der Waals surface area contributed by atoms with Gasteiger partial charge in [0, 0.05) is 25.9 Å². The second-order valence-corrected chi connectivity index (χ2v) is 6.58. The predicted molar refractivity (Wildman–Crippen MR) is 72.3 cm³/mol. The maximum Gasteiger partial charge on any atom is 0.338 e. The summed E-state index contributed by atoms with van der Waals surface area (Å²) in [7, 11) is -1.96. The van der Waals surface area contributed by atoms with Crippen molar-refractivity contribution in [3.8, 4) is 0 Å². The highest BCUT2D eigenvalue weighted by atomic mass is 32.2. The summed E-state index contributed by atoms with van der Waals surface area (Å²) in [4.78, 5) is 14.6. The molecule has 0 fully saturated rings. The van der Waals surface area contributed by atoms with Crippen LogP contribution in [0.1, 0.15) is 16.2 Å². The van der Waals surface area contributed by atoms with E-state index < -0.39 is 27.2 Å². The van der Waals surface area contributed by atoms with Gasteiger partial charge in [-0.2, -0.15) is 0 Å². The highest BCUT2D eigenvalue weighted by Gasteiger charge is 2.19. The molecule has 0 aliphatic carbocycles. The van der Waals surface area contributed by atoms with Gasteiger partial charge in [-0.25, -0.2) is 22.6 Å². The first-order chi connectivity index (χ1) is 9.81. The van der Waals surface area contributed by atoms with Crippen molar-refractivity contribution in [2.45, 2.75) is 11.3 Å². The number of nitrogens with zero attached hydrogens (tertiary/aromatic N) is 2. The molecule has 2 rings (SSSR count). The summed E-state index contributed by atoms with van der Waals surface area (Å²) in [6, 6.07) is 2.75. The zero-order valence-corrected chi connectivity index (χ0v) is 12.0. The van der Waals surface area contributed by atoms with E-state index in [-0.39, 0.29) is 17.1 Å². The summed E-state index contributed by atoms with van der Waals surface area (Å²) >= 11 is 0. The number of hydrogen-bond acceptors (Lipinski definition) is 4. The number of aryl methyl sites for hydroxylation is 2. The molecule has 0 saturated heterocycles. The van der Waals surface area contributed by atoms with Gasteiger partial charge in [0.15, 0.2) is 9.84 Å². The largest absolute Gasteiger partial charge is 0.478 e. The maximum absolute atomic E-state index is 13.3. The Hall–Kier alpha value is -2.22. The molecule has 21 heavy (non-hydrogen) atoms. The van der Waals surface area contributed by atoms with Crippen LogP contribution in [0, 0.1) is 5.82 Å². The van der Waals surface area contributed by atoms with Gasteiger partial charge in [-0.3, -0.25) is 0 Å². The molecular weight excluding hydrogens is 299 g/mol. The fourth-order valence-corrected chi connectivity index (χ4v) is 3.10. The van der Waals surface area contributed by atoms with E-state index in [0.717, 1.165) is 18.2 Å². The van der Waals surface area contributed by atoms with Crippen molar-refractivity contribution in [1.29, 1.82) is 0 Å². The molecule has 1 aromatic heterocycles. The normalized spacial score (nSPS) is 11.5. The van der Waals surface area contributed by atoms with Crippen molar-refractivity contribution in [2.24, 2.45) is 7.05 Å². The Morgan fingerprint density at radius 3 is 2.71 bits per heavy atom. The van der Waals surface area contributed by atoms with E-state index in [9.17, 15) is 17.6 Å². The molecule has 0 unspecified atom stereocenters. The molecule has 1 N–H and O–H groups in total. The molecule has 0 amide bonds. The molecule has 0 spiro atoms. The average Bonchev–Trinajstić information content (AvgIpc) is 2.82. The first-order valence-electron chi connectivity index (χ1n) is 6.03. The van der Waals surface area contributed by atoms with Crippen molar-refractivity contribution in [1.82, 2.24) is 9.55 Å². The summed E-state index contributed by atoms with van der Waals surface area (Å²) in [6.07, 6.45) is 3.44. The number of sulfone groups is 1. The molecular formula is C13H13FN2O4S. The molecule has 6 nitrogen and oxygen atoms in total. The molecule has 0 radical (unpaired) electrons. The van der Waals surface area contributed by atoms with Crippen LogP contribution < -0.4 is 0 Å². The van der Waals surface area contributed by atoms with E-state index in [1.807, 2.05) is 0 Å². The van der Waals surface area contributed by atoms with Gasteiger partial charge in [0.05, 0.1) is 16.2 Å². The Balaban J connectivity index is 2.26. The van der Waals surface area contributed by atoms with E-state index in [0.29, 0.717) is 5.82 Å². The highest BCUT2D eigenvalue weighted by molar-refractivity contribution is 7.91. The third-order valence-electron chi connectivity index (χ3n) is 3.04. The number of hydrogen-bond donors (Lipinski definition) is 1. The summed E-state index contributed by atoms with van der Waals surface area (Å²) in [5, 5.41) is 8.82. The van der Waals surface area contributed by atoms with Crippen LogP contribution >= 0.6 is 0 Å². The van der Waals surface area contributed by atoms with Crippen LogP contribution in [-0.2, 0) is 23.3 Å². The zero-order chi connectivity index (χ0) is 15.6. The Morgan fingerprint density at radius 1 is 1.43 bits per heavy atom. The third-order valence-corrected chi connectivity index (χ3v) is 4.76. The Morgan fingerprint density at radius 2 is 2.14 bits per heavy atom. The lowest BCUT2D eigenvalue weighted by molar-refractivity contribution is 0.0691. The lowest BCUT2D eigenvalue weighted by Crippen LogP contribution is -2.13. The summed E-state index contributed by atoms with van der Waals surface area (Å²) < 4.78 is 39.3. The number of benzene rings is 1. The van der Waals surface area contributed by atoms with Gasteiger partial charge in [0.2, 0.25) is 0 Å². The van der Waals surface area contributed by atoms with Crippen LogP contribution in [0.3, 0.4) is 0 Å². The van der Waals surface area contributed by atoms with Gasteiger partial charge < -0.3 is 9.67 Å². The number of aromatic nitrogens is 2. The minimum absolute atomic E-state index is 0.186. The second kappa shape index (κ2) is 5.65. The lowest BCUT2D eigenvalue weighted by Gasteiger charge is -2.06. The molecule has 112 valence electrons. The maximum atomic E-state index is 13.3. The Bertz CT molecular complexity index is 783. The predicted octanol–water partition coefficient (Wildman–Crippen LogP) is 1.27. The number of halogens is 1. The summed E-state index contributed by atoms with van der Waals surface area (Å²) in [5.41, 5.74) is -0.659. The number of aromatic carboxylic acids is 1. The van der Waals surface area contributed by atoms with E-state index in [4.69, 9.17) is 5.11 Å². The zero-order valence-electron chi connectivity index (χ0n) is 11.2. The Labute approximate surface area is 120 Å². The first-order valence-corrected chi connectivity index (χ1v) is 7.68. The molecule has 1 heterocycles. The van der Waals surface area contributed by atoms with Crippen molar-refractivity contribution in [2.75, 3.05) is 5.75 Å². The number of carbonyl (C=O) groups is 1. The van der Waals surface area contributed by atoms with Crippen LogP contribution in [0.5, 0.6) is 0 Å². The van der Waals surface area contributed by atoms with Gasteiger partial charge in [-0.05, 0) is 18.2 Å². The molecule has 0 aliphatic heterocycles. The topological polar surface area (TPSA) is 89.3 Å². The lowest BCUT2D eigenvalue weighted by atomic mass is 10.2. The quantitative estimate of drug-likeness (QED) is 0.840. The van der Waals surface area contributed by atoms with Crippen LogP contribution in [0.4, 0.5) is 4.39 Å². The molecule has 2 aromatic rings. The minimum Gasteiger partial charge on any atom is -0.478 e. The van der Waals surface area contributed by atoms with Gasteiger partial charge in [-0.15, -0.1) is 0 Å². The minimum atomic E-state index is -3.71. The fourth-order valence-electron chi connectivity index (χ4n) is 1.84. The van der Waals surface area contributed by atoms with Crippen LogP contribution in [0.2, 0.25) is 0 Å². The molecule has 0 saturated carbocycles. The molecule has 0 bridgehead atoms. The number of carboxylic acid groups (broad SMARTS) is 1. The van der Waals surface area contributed by atoms with Gasteiger partial charge >= 0.3 is 5.97 Å². The SMILES string of the molecule is Cn1ccnc1CCS(=O)(=O)c1ccc(F)c(C(=O)O)c1. The van der Waals surface area contributed by atoms with Crippen LogP contribution in [0.15, 0.2) is 35.5 Å². The van der Waals surface area contributed by atoms with E-state index in [1.54, 1.807) is 24.0 Å². The first kappa shape index (κ1) is 15.2. The molecule has 8 heteroatoms. The highest BCUT2D eigenvalue weighted by Crippen LogP contribution is 2.17. The molecule has 0 atom stereocenters. The second-order valence-electron chi connectivity index (χ2n) is 4.47. The van der Waals surface area contributed by atoms with E-state index in [1.165, 1.54) is 0 Å².